The predicted molar refractivity (Wildman–Crippen MR) is 60.9 cm³/mol. The van der Waals surface area contributed by atoms with Crippen LogP contribution in [0.25, 0.3) is 0 Å². The van der Waals surface area contributed by atoms with Crippen LogP contribution < -0.4 is 0 Å². The highest BCUT2D eigenvalue weighted by Crippen LogP contribution is 2.16. The van der Waals surface area contributed by atoms with Gasteiger partial charge >= 0.3 is 0 Å². The minimum atomic E-state index is -3.07. The maximum absolute atomic E-state index is 11.4. The Labute approximate surface area is 94.4 Å². The number of alkyl halides is 1. The lowest BCUT2D eigenvalue weighted by atomic mass is 10.1. The number of nitrogens with zero attached hydrogens (tertiary/aromatic N) is 2. The Bertz CT molecular complexity index is 281. The molecule has 0 N–H and O–H groups in total. The van der Waals surface area contributed by atoms with Crippen molar-refractivity contribution in [1.82, 2.24) is 9.21 Å². The van der Waals surface area contributed by atoms with Gasteiger partial charge in [0.05, 0.1) is 0 Å². The first-order valence-corrected chi connectivity index (χ1v) is 7.37. The van der Waals surface area contributed by atoms with Crippen LogP contribution in [0.1, 0.15) is 6.42 Å². The second kappa shape index (κ2) is 4.92. The van der Waals surface area contributed by atoms with Gasteiger partial charge in [-0.15, -0.1) is 0 Å². The maximum Gasteiger partial charge on any atom is 0.223 e. The second-order valence-corrected chi connectivity index (χ2v) is 7.30. The van der Waals surface area contributed by atoms with Crippen LogP contribution in [0.15, 0.2) is 0 Å². The summed E-state index contributed by atoms with van der Waals surface area (Å²) in [6.45, 7) is 2.72. The molecule has 0 spiro atoms. The Morgan fingerprint density at radius 3 is 2.64 bits per heavy atom. The zero-order valence-corrected chi connectivity index (χ0v) is 11.0. The molecule has 4 nitrogen and oxygen atoms in total. The number of rotatable bonds is 4. The SMILES string of the molecule is CN1CCC(CN(C)S(=O)(=O)CBr)C1. The van der Waals surface area contributed by atoms with Gasteiger partial charge in [-0.05, 0) is 25.9 Å². The first-order chi connectivity index (χ1) is 6.45. The van der Waals surface area contributed by atoms with Gasteiger partial charge in [0.15, 0.2) is 0 Å². The number of likely N-dealkylation sites (tertiary alicyclic amines) is 1. The summed E-state index contributed by atoms with van der Waals surface area (Å²) in [5, 5.41) is 0. The van der Waals surface area contributed by atoms with Crippen LogP contribution in [0.4, 0.5) is 0 Å². The van der Waals surface area contributed by atoms with Crippen LogP contribution >= 0.6 is 15.9 Å². The molecule has 0 saturated carbocycles. The van der Waals surface area contributed by atoms with E-state index in [1.807, 2.05) is 0 Å². The van der Waals surface area contributed by atoms with Crippen LogP contribution in [0.3, 0.4) is 0 Å². The van der Waals surface area contributed by atoms with Gasteiger partial charge in [-0.2, -0.15) is 0 Å². The summed E-state index contributed by atoms with van der Waals surface area (Å²) in [6.07, 6.45) is 1.10. The van der Waals surface area contributed by atoms with E-state index in [9.17, 15) is 8.42 Å². The van der Waals surface area contributed by atoms with Gasteiger partial charge in [-0.1, -0.05) is 15.9 Å². The fourth-order valence-corrected chi connectivity index (χ4v) is 3.39. The van der Waals surface area contributed by atoms with E-state index in [0.717, 1.165) is 19.5 Å². The molecule has 1 aliphatic rings. The number of hydrogen-bond donors (Lipinski definition) is 0. The normalized spacial score (nSPS) is 24.7. The van der Waals surface area contributed by atoms with Crippen molar-refractivity contribution < 1.29 is 8.42 Å². The first kappa shape index (κ1) is 12.4. The molecule has 0 aromatic rings. The fraction of sp³-hybridized carbons (Fsp3) is 1.00. The molecule has 1 saturated heterocycles. The van der Waals surface area contributed by atoms with E-state index in [2.05, 4.69) is 27.9 Å². The van der Waals surface area contributed by atoms with Crippen LogP contribution in [0.2, 0.25) is 0 Å². The highest BCUT2D eigenvalue weighted by Gasteiger charge is 2.25. The van der Waals surface area contributed by atoms with E-state index in [1.165, 1.54) is 4.31 Å². The van der Waals surface area contributed by atoms with Crippen molar-refractivity contribution in [3.05, 3.63) is 0 Å². The van der Waals surface area contributed by atoms with Crippen LogP contribution in [-0.4, -0.2) is 56.0 Å². The summed E-state index contributed by atoms with van der Waals surface area (Å²) >= 11 is 2.99. The molecule has 0 radical (unpaired) electrons. The number of halogens is 1. The average molecular weight is 285 g/mol. The Kier molecular flexibility index (Phi) is 4.36. The minimum absolute atomic E-state index is 0.0130. The molecule has 0 bridgehead atoms. The predicted octanol–water partition coefficient (Wildman–Crippen LogP) is 0.552. The van der Waals surface area contributed by atoms with Gasteiger partial charge in [0.25, 0.3) is 0 Å². The van der Waals surface area contributed by atoms with Gasteiger partial charge in [-0.3, -0.25) is 0 Å². The lowest BCUT2D eigenvalue weighted by Crippen LogP contribution is -2.33. The average Bonchev–Trinajstić information content (AvgIpc) is 2.51. The molecule has 1 atom stereocenters. The highest BCUT2D eigenvalue weighted by atomic mass is 79.9. The lowest BCUT2D eigenvalue weighted by molar-refractivity contribution is 0.357. The molecule has 1 unspecified atom stereocenters. The smallest absolute Gasteiger partial charge is 0.223 e. The third-order valence-electron chi connectivity index (χ3n) is 2.62. The van der Waals surface area contributed by atoms with Crippen molar-refractivity contribution in [2.75, 3.05) is 38.4 Å². The largest absolute Gasteiger partial charge is 0.306 e. The zero-order valence-electron chi connectivity index (χ0n) is 8.61. The van der Waals surface area contributed by atoms with Crippen molar-refractivity contribution in [2.45, 2.75) is 6.42 Å². The van der Waals surface area contributed by atoms with E-state index < -0.39 is 10.0 Å². The summed E-state index contributed by atoms with van der Waals surface area (Å²) in [6, 6.07) is 0. The minimum Gasteiger partial charge on any atom is -0.306 e. The summed E-state index contributed by atoms with van der Waals surface area (Å²) in [5.41, 5.74) is 0. The summed E-state index contributed by atoms with van der Waals surface area (Å²) in [4.78, 5) is 2.24. The lowest BCUT2D eigenvalue weighted by Gasteiger charge is -2.19. The van der Waals surface area contributed by atoms with E-state index in [4.69, 9.17) is 0 Å². The second-order valence-electron chi connectivity index (χ2n) is 3.92. The zero-order chi connectivity index (χ0) is 10.8. The standard InChI is InChI=1S/C8H17BrN2O2S/c1-10-4-3-8(5-10)6-11(2)14(12,13)7-9/h8H,3-7H2,1-2H3. The quantitative estimate of drug-likeness (QED) is 0.708. The highest BCUT2D eigenvalue weighted by molar-refractivity contribution is 9.10. The third-order valence-corrected chi connectivity index (χ3v) is 5.73. The Morgan fingerprint density at radius 1 is 1.57 bits per heavy atom. The van der Waals surface area contributed by atoms with Gasteiger partial charge in [0.2, 0.25) is 10.0 Å². The number of hydrogen-bond acceptors (Lipinski definition) is 3. The molecule has 84 valence electrons. The van der Waals surface area contributed by atoms with E-state index in [-0.39, 0.29) is 4.66 Å². The molecule has 0 amide bonds. The Balaban J connectivity index is 2.45. The van der Waals surface area contributed by atoms with Crippen molar-refractivity contribution in [2.24, 2.45) is 5.92 Å². The fourth-order valence-electron chi connectivity index (χ4n) is 1.74. The molecule has 6 heteroatoms. The van der Waals surface area contributed by atoms with Crippen LogP contribution in [-0.2, 0) is 10.0 Å². The summed E-state index contributed by atoms with van der Waals surface area (Å²) in [5.74, 6) is 0.485. The van der Waals surface area contributed by atoms with E-state index >= 15 is 0 Å². The number of sulfonamides is 1. The van der Waals surface area contributed by atoms with Crippen molar-refractivity contribution in [1.29, 1.82) is 0 Å². The molecule has 1 aliphatic heterocycles. The van der Waals surface area contributed by atoms with Crippen molar-refractivity contribution in [3.63, 3.8) is 0 Å². The summed E-state index contributed by atoms with van der Waals surface area (Å²) < 4.78 is 24.3. The van der Waals surface area contributed by atoms with Gasteiger partial charge in [0.1, 0.15) is 4.66 Å². The van der Waals surface area contributed by atoms with Crippen LogP contribution in [0, 0.1) is 5.92 Å². The Hall–Kier alpha value is 0.350. The molecule has 0 aromatic heterocycles. The summed E-state index contributed by atoms with van der Waals surface area (Å²) in [7, 11) is 0.645. The van der Waals surface area contributed by atoms with Gasteiger partial charge < -0.3 is 4.90 Å². The van der Waals surface area contributed by atoms with Crippen LogP contribution in [0.5, 0.6) is 0 Å². The van der Waals surface area contributed by atoms with Gasteiger partial charge in [0, 0.05) is 20.1 Å². The molecule has 1 fully saturated rings. The molecule has 0 aliphatic carbocycles. The van der Waals surface area contributed by atoms with E-state index in [0.29, 0.717) is 12.5 Å². The molecule has 1 heterocycles. The molecule has 0 aromatic carbocycles. The van der Waals surface area contributed by atoms with E-state index in [1.54, 1.807) is 7.05 Å². The Morgan fingerprint density at radius 2 is 2.21 bits per heavy atom. The van der Waals surface area contributed by atoms with Crippen molar-refractivity contribution >= 4 is 26.0 Å². The molecule has 14 heavy (non-hydrogen) atoms. The first-order valence-electron chi connectivity index (χ1n) is 4.64. The van der Waals surface area contributed by atoms with Crippen molar-refractivity contribution in [3.8, 4) is 0 Å². The maximum atomic E-state index is 11.4. The third kappa shape index (κ3) is 3.18. The topological polar surface area (TPSA) is 40.6 Å². The molecular formula is C8H17BrN2O2S. The molecule has 1 rings (SSSR count). The monoisotopic (exact) mass is 284 g/mol. The van der Waals surface area contributed by atoms with Gasteiger partial charge in [-0.25, -0.2) is 12.7 Å². The molecular weight excluding hydrogens is 268 g/mol.